The predicted octanol–water partition coefficient (Wildman–Crippen LogP) is 3.75. The highest BCUT2D eigenvalue weighted by molar-refractivity contribution is 6.04. The highest BCUT2D eigenvalue weighted by Crippen LogP contribution is 2.35. The van der Waals surface area contributed by atoms with Gasteiger partial charge < -0.3 is 10.1 Å². The number of aromatic nitrogens is 1. The van der Waals surface area contributed by atoms with E-state index in [2.05, 4.69) is 18.5 Å². The van der Waals surface area contributed by atoms with E-state index in [1.165, 1.54) is 0 Å². The maximum Gasteiger partial charge on any atom is 0.418 e. The summed E-state index contributed by atoms with van der Waals surface area (Å²) in [6.45, 7) is 10.2. The SMILES string of the molecule is C=C1NC=Cc2c(c3ccccc3n2C(=O)OCC)C1=C. The second kappa shape index (κ2) is 4.98. The van der Waals surface area contributed by atoms with Gasteiger partial charge in [0.15, 0.2) is 0 Å². The number of fused-ring (bicyclic) bond motifs is 3. The molecule has 0 saturated heterocycles. The number of benzene rings is 1. The molecule has 1 aromatic carbocycles. The summed E-state index contributed by atoms with van der Waals surface area (Å²) >= 11 is 0. The lowest BCUT2D eigenvalue weighted by Gasteiger charge is -2.07. The number of nitrogens with zero attached hydrogens (tertiary/aromatic N) is 1. The fourth-order valence-electron chi connectivity index (χ4n) is 2.58. The molecule has 1 aliphatic heterocycles. The Bertz CT molecular complexity index is 796. The van der Waals surface area contributed by atoms with Crippen molar-refractivity contribution in [1.82, 2.24) is 9.88 Å². The van der Waals surface area contributed by atoms with E-state index in [1.807, 2.05) is 30.3 Å². The third-order valence-electron chi connectivity index (χ3n) is 3.53. The van der Waals surface area contributed by atoms with E-state index in [0.29, 0.717) is 6.61 Å². The fraction of sp³-hybridized carbons (Fsp3) is 0.118. The van der Waals surface area contributed by atoms with Crippen LogP contribution in [-0.4, -0.2) is 17.3 Å². The number of carbonyl (C=O) groups excluding carboxylic acids is 1. The van der Waals surface area contributed by atoms with E-state index >= 15 is 0 Å². The maximum absolute atomic E-state index is 12.3. The van der Waals surface area contributed by atoms with Crippen LogP contribution in [0.4, 0.5) is 4.79 Å². The molecule has 106 valence electrons. The summed E-state index contributed by atoms with van der Waals surface area (Å²) in [5.41, 5.74) is 3.96. The molecule has 1 aliphatic rings. The highest BCUT2D eigenvalue weighted by atomic mass is 16.5. The van der Waals surface area contributed by atoms with Crippen LogP contribution in [0.3, 0.4) is 0 Å². The molecule has 0 amide bonds. The second-order valence-electron chi connectivity index (χ2n) is 4.75. The van der Waals surface area contributed by atoms with E-state index in [9.17, 15) is 4.79 Å². The number of allylic oxidation sites excluding steroid dienone is 1. The number of para-hydroxylation sites is 1. The Labute approximate surface area is 123 Å². The standard InChI is InChI=1S/C17H16N2O2/c1-4-21-17(20)19-14-8-6-5-7-13(14)16-11(2)12(3)18-10-9-15(16)19/h5-10,18H,2-4H2,1H3. The summed E-state index contributed by atoms with van der Waals surface area (Å²) in [6.07, 6.45) is 3.21. The van der Waals surface area contributed by atoms with Crippen molar-refractivity contribution in [1.29, 1.82) is 0 Å². The van der Waals surface area contributed by atoms with Gasteiger partial charge in [-0.2, -0.15) is 0 Å². The van der Waals surface area contributed by atoms with Crippen LogP contribution in [0.2, 0.25) is 0 Å². The van der Waals surface area contributed by atoms with Gasteiger partial charge in [0.25, 0.3) is 0 Å². The van der Waals surface area contributed by atoms with Crippen molar-refractivity contribution in [3.05, 3.63) is 60.6 Å². The Morgan fingerprint density at radius 3 is 2.86 bits per heavy atom. The quantitative estimate of drug-likeness (QED) is 0.865. The van der Waals surface area contributed by atoms with Crippen LogP contribution in [0.15, 0.2) is 49.3 Å². The van der Waals surface area contributed by atoms with Crippen LogP contribution in [-0.2, 0) is 4.74 Å². The topological polar surface area (TPSA) is 43.3 Å². The largest absolute Gasteiger partial charge is 0.449 e. The summed E-state index contributed by atoms with van der Waals surface area (Å²) in [7, 11) is 0. The Morgan fingerprint density at radius 2 is 2.10 bits per heavy atom. The summed E-state index contributed by atoms with van der Waals surface area (Å²) in [6, 6.07) is 7.72. The smallest absolute Gasteiger partial charge is 0.418 e. The molecule has 0 radical (unpaired) electrons. The average molecular weight is 280 g/mol. The van der Waals surface area contributed by atoms with Crippen molar-refractivity contribution in [2.45, 2.75) is 6.92 Å². The number of ether oxygens (including phenoxy) is 1. The van der Waals surface area contributed by atoms with Crippen LogP contribution in [0.1, 0.15) is 18.2 Å². The third kappa shape index (κ3) is 1.96. The molecule has 0 spiro atoms. The molecule has 4 nitrogen and oxygen atoms in total. The molecule has 2 aromatic rings. The van der Waals surface area contributed by atoms with Gasteiger partial charge in [0.2, 0.25) is 0 Å². The van der Waals surface area contributed by atoms with Gasteiger partial charge in [-0.3, -0.25) is 0 Å². The Hall–Kier alpha value is -2.75. The molecule has 1 N–H and O–H groups in total. The predicted molar refractivity (Wildman–Crippen MR) is 84.7 cm³/mol. The molecule has 0 fully saturated rings. The summed E-state index contributed by atoms with van der Waals surface area (Å²) in [5.74, 6) is 0. The van der Waals surface area contributed by atoms with Gasteiger partial charge in [0.05, 0.1) is 17.8 Å². The molecule has 0 bridgehead atoms. The van der Waals surface area contributed by atoms with Gasteiger partial charge in [0, 0.05) is 28.4 Å². The van der Waals surface area contributed by atoms with E-state index < -0.39 is 0 Å². The summed E-state index contributed by atoms with van der Waals surface area (Å²) < 4.78 is 6.76. The number of hydrogen-bond donors (Lipinski definition) is 1. The van der Waals surface area contributed by atoms with Gasteiger partial charge in [-0.1, -0.05) is 31.4 Å². The van der Waals surface area contributed by atoms with E-state index in [4.69, 9.17) is 4.74 Å². The van der Waals surface area contributed by atoms with Crippen molar-refractivity contribution in [3.8, 4) is 0 Å². The molecule has 0 unspecified atom stereocenters. The van der Waals surface area contributed by atoms with E-state index in [-0.39, 0.29) is 6.09 Å². The molecule has 4 heteroatoms. The van der Waals surface area contributed by atoms with Crippen molar-refractivity contribution in [3.63, 3.8) is 0 Å². The average Bonchev–Trinajstić information content (AvgIpc) is 2.73. The summed E-state index contributed by atoms with van der Waals surface area (Å²) in [5, 5.41) is 4.01. The minimum Gasteiger partial charge on any atom is -0.449 e. The highest BCUT2D eigenvalue weighted by Gasteiger charge is 2.24. The van der Waals surface area contributed by atoms with Crippen LogP contribution in [0.25, 0.3) is 22.6 Å². The molecule has 0 saturated carbocycles. The van der Waals surface area contributed by atoms with Gasteiger partial charge in [0.1, 0.15) is 0 Å². The first-order valence-electron chi connectivity index (χ1n) is 6.77. The zero-order valence-electron chi connectivity index (χ0n) is 11.8. The maximum atomic E-state index is 12.3. The van der Waals surface area contributed by atoms with Crippen LogP contribution in [0.5, 0.6) is 0 Å². The first kappa shape index (κ1) is 13.2. The minimum atomic E-state index is -0.389. The van der Waals surface area contributed by atoms with E-state index in [1.54, 1.807) is 17.7 Å². The molecule has 21 heavy (non-hydrogen) atoms. The van der Waals surface area contributed by atoms with Gasteiger partial charge in [-0.05, 0) is 19.1 Å². The first-order chi connectivity index (χ1) is 10.1. The zero-order valence-corrected chi connectivity index (χ0v) is 11.8. The molecule has 0 atom stereocenters. The Balaban J connectivity index is 2.38. The zero-order chi connectivity index (χ0) is 15.0. The van der Waals surface area contributed by atoms with Gasteiger partial charge in [-0.15, -0.1) is 0 Å². The van der Waals surface area contributed by atoms with Crippen molar-refractivity contribution >= 4 is 28.6 Å². The molecule has 2 heterocycles. The third-order valence-corrected chi connectivity index (χ3v) is 3.53. The lowest BCUT2D eigenvalue weighted by atomic mass is 10.0. The first-order valence-corrected chi connectivity index (χ1v) is 6.77. The lowest BCUT2D eigenvalue weighted by molar-refractivity contribution is 0.155. The van der Waals surface area contributed by atoms with Crippen LogP contribution in [0, 0.1) is 0 Å². The summed E-state index contributed by atoms with van der Waals surface area (Å²) in [4.78, 5) is 12.3. The van der Waals surface area contributed by atoms with Crippen LogP contribution >= 0.6 is 0 Å². The lowest BCUT2D eigenvalue weighted by Crippen LogP contribution is -2.14. The Kier molecular flexibility index (Phi) is 3.14. The van der Waals surface area contributed by atoms with Gasteiger partial charge >= 0.3 is 6.09 Å². The number of hydrogen-bond acceptors (Lipinski definition) is 3. The van der Waals surface area contributed by atoms with E-state index in [0.717, 1.165) is 33.4 Å². The van der Waals surface area contributed by atoms with Gasteiger partial charge in [-0.25, -0.2) is 9.36 Å². The van der Waals surface area contributed by atoms with Crippen molar-refractivity contribution < 1.29 is 9.53 Å². The molecule has 3 rings (SSSR count). The molecular formula is C17H16N2O2. The van der Waals surface area contributed by atoms with Crippen molar-refractivity contribution in [2.24, 2.45) is 0 Å². The second-order valence-corrected chi connectivity index (χ2v) is 4.75. The molecule has 1 aromatic heterocycles. The van der Waals surface area contributed by atoms with Crippen molar-refractivity contribution in [2.75, 3.05) is 6.61 Å². The molecule has 0 aliphatic carbocycles. The molecular weight excluding hydrogens is 264 g/mol. The normalized spacial score (nSPS) is 13.8. The number of rotatable bonds is 1. The Morgan fingerprint density at radius 1 is 1.33 bits per heavy atom. The minimum absolute atomic E-state index is 0.329. The number of carbonyl (C=O) groups is 1. The van der Waals surface area contributed by atoms with Crippen LogP contribution < -0.4 is 5.32 Å². The fourth-order valence-corrected chi connectivity index (χ4v) is 2.58. The number of nitrogens with one attached hydrogen (secondary N) is 1. The monoisotopic (exact) mass is 280 g/mol.